The highest BCUT2D eigenvalue weighted by molar-refractivity contribution is 8.27. The molecule has 1 fully saturated rings. The molecule has 0 unspecified atom stereocenters. The molecule has 0 bridgehead atoms. The fourth-order valence-electron chi connectivity index (χ4n) is 2.52. The maximum atomic E-state index is 12.8. The zero-order chi connectivity index (χ0) is 19.6. The van der Waals surface area contributed by atoms with Crippen molar-refractivity contribution >= 4 is 57.7 Å². The van der Waals surface area contributed by atoms with Gasteiger partial charge in [-0.15, -0.1) is 0 Å². The smallest absolute Gasteiger partial charge is 0.337 e. The minimum absolute atomic E-state index is 0.0396. The Balaban J connectivity index is 1.84. The summed E-state index contributed by atoms with van der Waals surface area (Å²) in [6.45, 7) is 1.49. The molecule has 5 nitrogen and oxygen atoms in total. The van der Waals surface area contributed by atoms with Crippen LogP contribution in [0.4, 0.5) is 5.69 Å². The zero-order valence-corrected chi connectivity index (χ0v) is 16.2. The predicted octanol–water partition coefficient (Wildman–Crippen LogP) is 4.08. The third-order valence-corrected chi connectivity index (χ3v) is 5.26. The second-order valence-corrected chi connectivity index (χ2v) is 7.41. The van der Waals surface area contributed by atoms with Crippen molar-refractivity contribution in [1.82, 2.24) is 0 Å². The van der Waals surface area contributed by atoms with Crippen LogP contribution in [0.3, 0.4) is 0 Å². The third-order valence-electron chi connectivity index (χ3n) is 3.96. The number of thioether (sulfide) groups is 1. The van der Waals surface area contributed by atoms with Crippen LogP contribution in [0.5, 0.6) is 0 Å². The molecule has 0 N–H and O–H groups in total. The van der Waals surface area contributed by atoms with Crippen molar-refractivity contribution in [1.29, 1.82) is 0 Å². The maximum Gasteiger partial charge on any atom is 0.337 e. The van der Waals surface area contributed by atoms with E-state index < -0.39 is 5.97 Å². The number of carbonyl (C=O) groups is 3. The Kier molecular flexibility index (Phi) is 5.53. The fraction of sp³-hybridized carbons (Fsp3) is 0.100. The van der Waals surface area contributed by atoms with Crippen LogP contribution >= 0.6 is 24.0 Å². The van der Waals surface area contributed by atoms with E-state index in [1.165, 1.54) is 30.7 Å². The lowest BCUT2D eigenvalue weighted by Crippen LogP contribution is -2.27. The molecule has 1 aliphatic heterocycles. The SMILES string of the molecule is COC(=O)c1ccc(/C=C2\SC(=S)N(c3ccc(C(C)=O)cc3)C2=O)cc1. The lowest BCUT2D eigenvalue weighted by Gasteiger charge is -2.14. The summed E-state index contributed by atoms with van der Waals surface area (Å²) < 4.78 is 5.09. The Labute approximate surface area is 166 Å². The number of hydrogen-bond donors (Lipinski definition) is 0. The number of ether oxygens (including phenoxy) is 1. The summed E-state index contributed by atoms with van der Waals surface area (Å²) >= 11 is 6.55. The number of ketones is 1. The van der Waals surface area contributed by atoms with Gasteiger partial charge in [-0.3, -0.25) is 14.5 Å². The zero-order valence-electron chi connectivity index (χ0n) is 14.6. The molecular formula is C20H15NO4S2. The van der Waals surface area contributed by atoms with Crippen LogP contribution in [0, 0.1) is 0 Å². The van der Waals surface area contributed by atoms with Crippen molar-refractivity contribution in [2.45, 2.75) is 6.92 Å². The van der Waals surface area contributed by atoms with Crippen molar-refractivity contribution in [2.24, 2.45) is 0 Å². The second kappa shape index (κ2) is 7.85. The molecule has 3 rings (SSSR count). The van der Waals surface area contributed by atoms with E-state index in [0.717, 1.165) is 5.56 Å². The average molecular weight is 397 g/mol. The van der Waals surface area contributed by atoms with Gasteiger partial charge in [0, 0.05) is 5.56 Å². The van der Waals surface area contributed by atoms with Crippen LogP contribution in [0.15, 0.2) is 53.4 Å². The third kappa shape index (κ3) is 3.99. The minimum atomic E-state index is -0.415. The number of carbonyl (C=O) groups excluding carboxylic acids is 3. The quantitative estimate of drug-likeness (QED) is 0.335. The molecule has 1 aliphatic rings. The van der Waals surface area contributed by atoms with Crippen molar-refractivity contribution in [3.63, 3.8) is 0 Å². The molecular weight excluding hydrogens is 382 g/mol. The van der Waals surface area contributed by atoms with Crippen molar-refractivity contribution in [3.8, 4) is 0 Å². The first kappa shape index (κ1) is 19.0. The number of amides is 1. The van der Waals surface area contributed by atoms with Gasteiger partial charge in [-0.05, 0) is 55.0 Å². The van der Waals surface area contributed by atoms with Crippen LogP contribution < -0.4 is 4.90 Å². The summed E-state index contributed by atoms with van der Waals surface area (Å²) in [7, 11) is 1.32. The monoisotopic (exact) mass is 397 g/mol. The molecule has 0 aromatic heterocycles. The molecule has 1 heterocycles. The van der Waals surface area contributed by atoms with Crippen molar-refractivity contribution in [3.05, 3.63) is 70.1 Å². The van der Waals surface area contributed by atoms with Crippen LogP contribution in [0.25, 0.3) is 6.08 Å². The molecule has 0 radical (unpaired) electrons. The van der Waals surface area contributed by atoms with Crippen LogP contribution in [-0.4, -0.2) is 29.1 Å². The molecule has 136 valence electrons. The normalized spacial score (nSPS) is 15.3. The summed E-state index contributed by atoms with van der Waals surface area (Å²) in [6.07, 6.45) is 1.73. The van der Waals surface area contributed by atoms with Gasteiger partial charge in [0.05, 0.1) is 23.3 Å². The lowest BCUT2D eigenvalue weighted by atomic mass is 10.1. The lowest BCUT2D eigenvalue weighted by molar-refractivity contribution is -0.113. The number of thiocarbonyl (C=S) groups is 1. The summed E-state index contributed by atoms with van der Waals surface area (Å²) in [4.78, 5) is 37.6. The Morgan fingerprint density at radius 1 is 1.04 bits per heavy atom. The molecule has 27 heavy (non-hydrogen) atoms. The summed E-state index contributed by atoms with van der Waals surface area (Å²) in [5, 5.41) is 0. The first-order chi connectivity index (χ1) is 12.9. The number of Topliss-reactive ketones (excluding diaryl/α,β-unsaturated/α-hetero) is 1. The van der Waals surface area contributed by atoms with Gasteiger partial charge in [0.15, 0.2) is 10.1 Å². The van der Waals surface area contributed by atoms with Gasteiger partial charge in [0.1, 0.15) is 0 Å². The van der Waals surface area contributed by atoms with Crippen LogP contribution in [0.2, 0.25) is 0 Å². The Morgan fingerprint density at radius 3 is 2.19 bits per heavy atom. The molecule has 0 spiro atoms. The number of esters is 1. The highest BCUT2D eigenvalue weighted by atomic mass is 32.2. The topological polar surface area (TPSA) is 63.7 Å². The van der Waals surface area contributed by atoms with Gasteiger partial charge < -0.3 is 4.74 Å². The van der Waals surface area contributed by atoms with Gasteiger partial charge in [-0.2, -0.15) is 0 Å². The molecule has 7 heteroatoms. The van der Waals surface area contributed by atoms with E-state index >= 15 is 0 Å². The molecule has 0 aliphatic carbocycles. The van der Waals surface area contributed by atoms with E-state index in [9.17, 15) is 14.4 Å². The minimum Gasteiger partial charge on any atom is -0.465 e. The van der Waals surface area contributed by atoms with E-state index in [2.05, 4.69) is 4.74 Å². The molecule has 0 saturated carbocycles. The number of nitrogens with zero attached hydrogens (tertiary/aromatic N) is 1. The number of benzene rings is 2. The molecule has 0 atom stereocenters. The van der Waals surface area contributed by atoms with Gasteiger partial charge in [-0.1, -0.05) is 36.1 Å². The van der Waals surface area contributed by atoms with Gasteiger partial charge >= 0.3 is 5.97 Å². The standard InChI is InChI=1S/C20H15NO4S2/c1-12(22)14-7-9-16(10-8-14)21-18(23)17(27-20(21)26)11-13-3-5-15(6-4-13)19(24)25-2/h3-11H,1-2H3/b17-11-. The van der Waals surface area contributed by atoms with Crippen LogP contribution in [-0.2, 0) is 9.53 Å². The number of rotatable bonds is 4. The fourth-order valence-corrected chi connectivity index (χ4v) is 3.82. The number of hydrogen-bond acceptors (Lipinski definition) is 6. The summed E-state index contributed by atoms with van der Waals surface area (Å²) in [5.41, 5.74) is 2.40. The molecule has 2 aromatic rings. The predicted molar refractivity (Wildman–Crippen MR) is 110 cm³/mol. The van der Waals surface area contributed by atoms with E-state index in [1.807, 2.05) is 0 Å². The van der Waals surface area contributed by atoms with E-state index in [-0.39, 0.29) is 11.7 Å². The van der Waals surface area contributed by atoms with E-state index in [4.69, 9.17) is 12.2 Å². The number of methoxy groups -OCH3 is 1. The molecule has 2 aromatic carbocycles. The Hall–Kier alpha value is -2.77. The van der Waals surface area contributed by atoms with E-state index in [1.54, 1.807) is 54.6 Å². The first-order valence-corrected chi connectivity index (χ1v) is 9.20. The molecule has 1 amide bonds. The largest absolute Gasteiger partial charge is 0.465 e. The first-order valence-electron chi connectivity index (χ1n) is 7.98. The summed E-state index contributed by atoms with van der Waals surface area (Å²) in [5.74, 6) is -0.679. The van der Waals surface area contributed by atoms with Crippen LogP contribution in [0.1, 0.15) is 33.2 Å². The average Bonchev–Trinajstić information content (AvgIpc) is 2.95. The van der Waals surface area contributed by atoms with Gasteiger partial charge in [-0.25, -0.2) is 4.79 Å². The summed E-state index contributed by atoms with van der Waals surface area (Å²) in [6, 6.07) is 13.5. The second-order valence-electron chi connectivity index (χ2n) is 5.73. The highest BCUT2D eigenvalue weighted by Crippen LogP contribution is 2.36. The van der Waals surface area contributed by atoms with Crippen molar-refractivity contribution in [2.75, 3.05) is 12.0 Å². The number of anilines is 1. The Morgan fingerprint density at radius 2 is 1.63 bits per heavy atom. The maximum absolute atomic E-state index is 12.8. The Bertz CT molecular complexity index is 962. The molecule has 1 saturated heterocycles. The highest BCUT2D eigenvalue weighted by Gasteiger charge is 2.33. The van der Waals surface area contributed by atoms with Gasteiger partial charge in [0.25, 0.3) is 5.91 Å². The van der Waals surface area contributed by atoms with E-state index in [0.29, 0.717) is 26.0 Å². The van der Waals surface area contributed by atoms with Gasteiger partial charge in [0.2, 0.25) is 0 Å². The van der Waals surface area contributed by atoms with Crippen molar-refractivity contribution < 1.29 is 19.1 Å².